The Hall–Kier alpha value is -5.50. The van der Waals surface area contributed by atoms with E-state index in [9.17, 15) is 39.6 Å². The number of carbonyl (C=O) groups excluding carboxylic acids is 4. The molecule has 8 N–H and O–H groups in total. The van der Waals surface area contributed by atoms with E-state index in [0.29, 0.717) is 25.7 Å². The third-order valence-electron chi connectivity index (χ3n) is 22.9. The lowest BCUT2D eigenvalue weighted by atomic mass is 9.46. The number of nitrogen functional groups attached to an aromatic ring is 2. The molecule has 2 saturated heterocycles. The van der Waals surface area contributed by atoms with E-state index in [1.54, 1.807) is 47.8 Å². The molecule has 8 aliphatic carbocycles. The Bertz CT molecular complexity index is 3300. The van der Waals surface area contributed by atoms with Crippen LogP contribution in [0.2, 0.25) is 0 Å². The molecule has 0 radical (unpaired) electrons. The number of allylic oxidation sites excluding steroid dienone is 8. The van der Waals surface area contributed by atoms with Gasteiger partial charge in [0.1, 0.15) is 13.2 Å². The number of nitrogens with two attached hydrogens (primary N) is 2. The van der Waals surface area contributed by atoms with Crippen LogP contribution in [0.5, 0.6) is 0 Å². The summed E-state index contributed by atoms with van der Waals surface area (Å²) in [5.41, 5.74) is 11.8. The standard InChI is InChI=1S/2C35H39NO6S/c2*1-32-15-14-23(38)16-21(32)6-13-26-27-17-30-35(29(40)19-37,33(27,2)18-28(39)31(26)32)42-34(3,41-30)20-4-9-24(10-5-20)43-25-11-7-22(36)8-12-25/h2*4-5,7-12,14-16,26-28,30-31,37,39H,6,13,17-19,36H2,1-3H3/t26-,27-,28-,30-,31+,32-,33-,34+,35-;26-,27-,28-,30-,31+,32-,33-,34-,35-/m00/s1. The molecule has 0 unspecified atom stereocenters. The van der Waals surface area contributed by atoms with E-state index in [1.807, 2.05) is 123 Å². The Labute approximate surface area is 511 Å². The summed E-state index contributed by atoms with van der Waals surface area (Å²) in [6.45, 7) is 10.8. The van der Waals surface area contributed by atoms with Crippen molar-refractivity contribution in [2.45, 2.75) is 160 Å². The summed E-state index contributed by atoms with van der Waals surface area (Å²) >= 11 is 3.25. The molecule has 8 fully saturated rings. The highest BCUT2D eigenvalue weighted by Crippen LogP contribution is 2.73. The van der Waals surface area contributed by atoms with Crippen LogP contribution in [0.4, 0.5) is 11.4 Å². The molecule has 0 spiro atoms. The number of rotatable bonds is 10. The molecule has 452 valence electrons. The largest absolute Gasteiger partial charge is 0.399 e. The summed E-state index contributed by atoms with van der Waals surface area (Å²) < 4.78 is 27.3. The topological polar surface area (TPSA) is 238 Å². The van der Waals surface area contributed by atoms with E-state index >= 15 is 0 Å². The molecule has 0 aromatic heterocycles. The highest BCUT2D eigenvalue weighted by molar-refractivity contribution is 7.99. The van der Waals surface area contributed by atoms with Gasteiger partial charge in [-0.3, -0.25) is 19.2 Å². The maximum atomic E-state index is 13.9. The Kier molecular flexibility index (Phi) is 14.6. The molecular weight excluding hydrogens is 1120 g/mol. The third-order valence-corrected chi connectivity index (χ3v) is 24.9. The molecule has 16 heteroatoms. The summed E-state index contributed by atoms with van der Waals surface area (Å²) in [5, 5.41) is 44.3. The van der Waals surface area contributed by atoms with Gasteiger partial charge >= 0.3 is 0 Å². The molecule has 0 bridgehead atoms. The Morgan fingerprint density at radius 1 is 0.535 bits per heavy atom. The van der Waals surface area contributed by atoms with Gasteiger partial charge in [0.2, 0.25) is 0 Å². The average Bonchev–Trinajstić information content (AvgIpc) is 1.49. The number of hydrogen-bond donors (Lipinski definition) is 6. The smallest absolute Gasteiger partial charge is 0.193 e. The second-order valence-corrected chi connectivity index (χ2v) is 29.5. The highest BCUT2D eigenvalue weighted by Gasteiger charge is 2.79. The molecule has 14 nitrogen and oxygen atoms in total. The molecule has 4 aromatic rings. The molecule has 18 atom stereocenters. The van der Waals surface area contributed by atoms with Crippen molar-refractivity contribution in [1.29, 1.82) is 0 Å². The van der Waals surface area contributed by atoms with Gasteiger partial charge in [0.15, 0.2) is 45.9 Å². The first kappa shape index (κ1) is 59.5. The van der Waals surface area contributed by atoms with Crippen LogP contribution in [0.1, 0.15) is 104 Å². The van der Waals surface area contributed by atoms with Crippen LogP contribution in [0, 0.1) is 57.2 Å². The van der Waals surface area contributed by atoms with Crippen molar-refractivity contribution in [2.24, 2.45) is 57.2 Å². The zero-order valence-electron chi connectivity index (χ0n) is 49.6. The summed E-state index contributed by atoms with van der Waals surface area (Å²) in [6, 6.07) is 31.4. The van der Waals surface area contributed by atoms with E-state index < -0.39 is 93.6 Å². The number of ketones is 4. The molecule has 0 amide bonds. The molecule has 14 rings (SSSR count). The van der Waals surface area contributed by atoms with Crippen LogP contribution < -0.4 is 11.5 Å². The number of benzene rings is 4. The van der Waals surface area contributed by atoms with Crippen LogP contribution in [-0.2, 0) is 49.7 Å². The Morgan fingerprint density at radius 3 is 1.21 bits per heavy atom. The lowest BCUT2D eigenvalue weighted by molar-refractivity contribution is -0.237. The zero-order chi connectivity index (χ0) is 60.7. The van der Waals surface area contributed by atoms with Gasteiger partial charge in [-0.25, -0.2) is 0 Å². The van der Waals surface area contributed by atoms with Gasteiger partial charge in [-0.2, -0.15) is 0 Å². The zero-order valence-corrected chi connectivity index (χ0v) is 51.2. The molecule has 2 aliphatic heterocycles. The van der Waals surface area contributed by atoms with Crippen molar-refractivity contribution in [3.05, 3.63) is 156 Å². The van der Waals surface area contributed by atoms with Crippen LogP contribution in [0.15, 0.2) is 164 Å². The number of ether oxygens (including phenoxy) is 4. The summed E-state index contributed by atoms with van der Waals surface area (Å²) in [4.78, 5) is 56.3. The molecule has 4 aromatic carbocycles. The van der Waals surface area contributed by atoms with Crippen LogP contribution >= 0.6 is 23.5 Å². The van der Waals surface area contributed by atoms with E-state index in [2.05, 4.69) is 27.7 Å². The fourth-order valence-corrected chi connectivity index (χ4v) is 20.7. The maximum absolute atomic E-state index is 13.9. The minimum Gasteiger partial charge on any atom is -0.399 e. The number of aliphatic hydroxyl groups is 4. The summed E-state index contributed by atoms with van der Waals surface area (Å²) in [7, 11) is 0. The number of anilines is 2. The second kappa shape index (κ2) is 21.1. The van der Waals surface area contributed by atoms with Crippen molar-refractivity contribution in [3.63, 3.8) is 0 Å². The number of aliphatic hydroxyl groups excluding tert-OH is 4. The quantitative estimate of drug-likeness (QED) is 0.0810. The average molecular weight is 1200 g/mol. The lowest BCUT2D eigenvalue weighted by Crippen LogP contribution is -2.63. The van der Waals surface area contributed by atoms with E-state index in [1.165, 1.54) is 0 Å². The number of carbonyl (C=O) groups is 4. The minimum atomic E-state index is -1.39. The first-order valence-electron chi connectivity index (χ1n) is 30.4. The predicted molar refractivity (Wildman–Crippen MR) is 326 cm³/mol. The van der Waals surface area contributed by atoms with Gasteiger partial charge < -0.3 is 50.8 Å². The van der Waals surface area contributed by atoms with Gasteiger partial charge in [-0.1, -0.05) is 98.8 Å². The number of Topliss-reactive ketones (excluding diaryl/α,β-unsaturated/α-hetero) is 2. The molecule has 86 heavy (non-hydrogen) atoms. The lowest BCUT2D eigenvalue weighted by Gasteiger charge is -2.60. The molecule has 10 aliphatic rings. The van der Waals surface area contributed by atoms with Crippen LogP contribution in [-0.4, -0.2) is 92.4 Å². The second-order valence-electron chi connectivity index (χ2n) is 27.2. The van der Waals surface area contributed by atoms with Gasteiger partial charge in [0, 0.05) is 75.6 Å². The minimum absolute atomic E-state index is 0.00178. The third kappa shape index (κ3) is 8.87. The van der Waals surface area contributed by atoms with Crippen molar-refractivity contribution < 1.29 is 58.6 Å². The van der Waals surface area contributed by atoms with Crippen LogP contribution in [0.3, 0.4) is 0 Å². The Morgan fingerprint density at radius 2 is 0.872 bits per heavy atom. The van der Waals surface area contributed by atoms with Crippen molar-refractivity contribution >= 4 is 58.0 Å². The fourth-order valence-electron chi connectivity index (χ4n) is 19.0. The fraction of sp³-hybridized carbons (Fsp3) is 0.486. The van der Waals surface area contributed by atoms with Crippen LogP contribution in [0.25, 0.3) is 0 Å². The van der Waals surface area contributed by atoms with Crippen molar-refractivity contribution in [1.82, 2.24) is 0 Å². The van der Waals surface area contributed by atoms with Gasteiger partial charge in [-0.15, -0.1) is 0 Å². The highest BCUT2D eigenvalue weighted by atomic mass is 32.2. The van der Waals surface area contributed by atoms with Gasteiger partial charge in [0.05, 0.1) is 24.4 Å². The number of fused-ring (bicyclic) bond motifs is 14. The first-order valence-corrected chi connectivity index (χ1v) is 32.1. The van der Waals surface area contributed by atoms with Gasteiger partial charge in [-0.05, 0) is 186 Å². The predicted octanol–water partition coefficient (Wildman–Crippen LogP) is 10.4. The summed E-state index contributed by atoms with van der Waals surface area (Å²) in [5.74, 6) is -2.99. The van der Waals surface area contributed by atoms with E-state index in [0.717, 1.165) is 78.9 Å². The molecular formula is C70H78N2O12S2. The molecule has 6 saturated carbocycles. The maximum Gasteiger partial charge on any atom is 0.193 e. The first-order chi connectivity index (χ1) is 40.9. The van der Waals surface area contributed by atoms with E-state index in [-0.39, 0.29) is 47.1 Å². The van der Waals surface area contributed by atoms with Crippen molar-refractivity contribution in [3.8, 4) is 0 Å². The molecule has 2 heterocycles. The number of hydrogen-bond acceptors (Lipinski definition) is 16. The van der Waals surface area contributed by atoms with E-state index in [4.69, 9.17) is 30.4 Å². The SMILES string of the molecule is C[C@@]1(c2ccc(Sc3ccc(N)cc3)cc2)O[C@H]2C[C@H]3[C@@H]4CCC5=CC(=O)C=C[C@]5(C)[C@H]4[C@@H](O)C[C@]3(C)[C@@]2(C(=O)CO)O1.C[C@]1(c2ccc(Sc3ccc(N)cc3)cc2)O[C@H]2C[C@H]3[C@@H]4CCC5=CC(=O)C=C[C@]5(C)[C@H]4[C@@H](O)C[C@]3(C)[C@@]2(C(=O)CO)O1. The van der Waals surface area contributed by atoms with Gasteiger partial charge in [0.25, 0.3) is 0 Å². The Balaban J connectivity index is 0.000000160. The summed E-state index contributed by atoms with van der Waals surface area (Å²) in [6.07, 6.45) is 13.3. The monoisotopic (exact) mass is 1200 g/mol. The van der Waals surface area contributed by atoms with Crippen molar-refractivity contribution in [2.75, 3.05) is 24.7 Å². The normalized spacial score (nSPS) is 41.2.